The number of nitrogens with one attached hydrogen (secondary N) is 2. The number of amides is 3. The van der Waals surface area contributed by atoms with Crippen molar-refractivity contribution in [3.8, 4) is 0 Å². The molecule has 1 fully saturated rings. The van der Waals surface area contributed by atoms with Gasteiger partial charge in [0.1, 0.15) is 5.54 Å². The van der Waals surface area contributed by atoms with Crippen LogP contribution in [0.3, 0.4) is 0 Å². The van der Waals surface area contributed by atoms with Gasteiger partial charge in [-0.2, -0.15) is 0 Å². The average molecular weight is 231 g/mol. The van der Waals surface area contributed by atoms with Gasteiger partial charge >= 0.3 is 6.03 Å². The molecule has 1 saturated heterocycles. The van der Waals surface area contributed by atoms with E-state index < -0.39 is 11.6 Å². The SMILES string of the molecule is Nc1ccc2c(c1)C1(CCC2)NC(=O)NC1=O. The lowest BCUT2D eigenvalue weighted by Crippen LogP contribution is -2.46. The molecular formula is C12H13N3O2. The van der Waals surface area contributed by atoms with E-state index in [0.29, 0.717) is 12.1 Å². The number of hydrogen-bond donors (Lipinski definition) is 3. The van der Waals surface area contributed by atoms with Crippen LogP contribution < -0.4 is 16.4 Å². The topological polar surface area (TPSA) is 84.2 Å². The molecular weight excluding hydrogens is 218 g/mol. The van der Waals surface area contributed by atoms with Gasteiger partial charge in [0.15, 0.2) is 0 Å². The Kier molecular flexibility index (Phi) is 1.92. The van der Waals surface area contributed by atoms with E-state index in [2.05, 4.69) is 10.6 Å². The van der Waals surface area contributed by atoms with E-state index >= 15 is 0 Å². The Labute approximate surface area is 98.4 Å². The van der Waals surface area contributed by atoms with Gasteiger partial charge in [0.25, 0.3) is 5.91 Å². The molecule has 1 atom stereocenters. The highest BCUT2D eigenvalue weighted by Gasteiger charge is 2.49. The lowest BCUT2D eigenvalue weighted by Gasteiger charge is -2.33. The van der Waals surface area contributed by atoms with Crippen molar-refractivity contribution in [2.75, 3.05) is 5.73 Å². The number of anilines is 1. The second-order valence-corrected chi connectivity index (χ2v) is 4.58. The molecule has 1 heterocycles. The molecule has 1 aromatic rings. The average Bonchev–Trinajstić information content (AvgIpc) is 2.56. The van der Waals surface area contributed by atoms with Crippen LogP contribution in [0.4, 0.5) is 10.5 Å². The fourth-order valence-corrected chi connectivity index (χ4v) is 2.75. The largest absolute Gasteiger partial charge is 0.399 e. The lowest BCUT2D eigenvalue weighted by atomic mass is 9.76. The van der Waals surface area contributed by atoms with Crippen LogP contribution in [0.2, 0.25) is 0 Å². The Morgan fingerprint density at radius 3 is 2.82 bits per heavy atom. The Morgan fingerprint density at radius 2 is 2.12 bits per heavy atom. The number of benzene rings is 1. The van der Waals surface area contributed by atoms with Gasteiger partial charge in [-0.15, -0.1) is 0 Å². The van der Waals surface area contributed by atoms with E-state index in [1.807, 2.05) is 12.1 Å². The molecule has 5 nitrogen and oxygen atoms in total. The van der Waals surface area contributed by atoms with Crippen molar-refractivity contribution in [3.63, 3.8) is 0 Å². The maximum absolute atomic E-state index is 12.0. The Bertz CT molecular complexity index is 526. The molecule has 1 spiro atoms. The molecule has 0 aromatic heterocycles. The monoisotopic (exact) mass is 231 g/mol. The van der Waals surface area contributed by atoms with Crippen LogP contribution in [0.5, 0.6) is 0 Å². The van der Waals surface area contributed by atoms with Gasteiger partial charge in [-0.25, -0.2) is 4.79 Å². The number of carbonyl (C=O) groups excluding carboxylic acids is 2. The highest BCUT2D eigenvalue weighted by molar-refractivity contribution is 6.07. The van der Waals surface area contributed by atoms with Gasteiger partial charge in [-0.05, 0) is 42.5 Å². The molecule has 1 aromatic carbocycles. The summed E-state index contributed by atoms with van der Waals surface area (Å²) in [4.78, 5) is 23.3. The second-order valence-electron chi connectivity index (χ2n) is 4.58. The predicted octanol–water partition coefficient (Wildman–Crippen LogP) is 0.640. The molecule has 1 aliphatic heterocycles. The van der Waals surface area contributed by atoms with Crippen molar-refractivity contribution < 1.29 is 9.59 Å². The van der Waals surface area contributed by atoms with E-state index in [0.717, 1.165) is 24.0 Å². The number of rotatable bonds is 0. The van der Waals surface area contributed by atoms with Crippen molar-refractivity contribution in [2.45, 2.75) is 24.8 Å². The van der Waals surface area contributed by atoms with Crippen molar-refractivity contribution >= 4 is 17.6 Å². The van der Waals surface area contributed by atoms with Crippen molar-refractivity contribution in [1.82, 2.24) is 10.6 Å². The van der Waals surface area contributed by atoms with Gasteiger partial charge in [0.05, 0.1) is 0 Å². The van der Waals surface area contributed by atoms with Crippen LogP contribution in [-0.2, 0) is 16.8 Å². The van der Waals surface area contributed by atoms with Crippen LogP contribution in [0.1, 0.15) is 24.0 Å². The Balaban J connectivity index is 2.19. The van der Waals surface area contributed by atoms with E-state index in [1.165, 1.54) is 0 Å². The summed E-state index contributed by atoms with van der Waals surface area (Å²) in [6.45, 7) is 0. The van der Waals surface area contributed by atoms with Crippen molar-refractivity contribution in [2.24, 2.45) is 0 Å². The van der Waals surface area contributed by atoms with Crippen LogP contribution in [0.25, 0.3) is 0 Å². The number of fused-ring (bicyclic) bond motifs is 2. The fourth-order valence-electron chi connectivity index (χ4n) is 2.75. The maximum atomic E-state index is 12.0. The summed E-state index contributed by atoms with van der Waals surface area (Å²) in [6.07, 6.45) is 2.42. The zero-order valence-corrected chi connectivity index (χ0v) is 9.25. The molecule has 1 unspecified atom stereocenters. The quantitative estimate of drug-likeness (QED) is 0.452. The minimum Gasteiger partial charge on any atom is -0.399 e. The molecule has 3 amide bonds. The molecule has 0 bridgehead atoms. The first-order chi connectivity index (χ1) is 8.12. The molecule has 3 rings (SSSR count). The number of aryl methyl sites for hydroxylation is 1. The van der Waals surface area contributed by atoms with Crippen molar-refractivity contribution in [3.05, 3.63) is 29.3 Å². The zero-order valence-electron chi connectivity index (χ0n) is 9.25. The summed E-state index contributed by atoms with van der Waals surface area (Å²) < 4.78 is 0. The molecule has 1 aliphatic carbocycles. The van der Waals surface area contributed by atoms with Gasteiger partial charge in [-0.1, -0.05) is 6.07 Å². The summed E-state index contributed by atoms with van der Waals surface area (Å²) in [5.41, 5.74) is 7.40. The normalized spacial score (nSPS) is 26.6. The molecule has 5 heteroatoms. The fraction of sp³-hybridized carbons (Fsp3) is 0.333. The molecule has 88 valence electrons. The first-order valence-corrected chi connectivity index (χ1v) is 5.64. The minimum atomic E-state index is -0.903. The third-order valence-electron chi connectivity index (χ3n) is 3.53. The van der Waals surface area contributed by atoms with E-state index in [4.69, 9.17) is 5.73 Å². The van der Waals surface area contributed by atoms with E-state index in [9.17, 15) is 9.59 Å². The smallest absolute Gasteiger partial charge is 0.322 e. The van der Waals surface area contributed by atoms with E-state index in [1.54, 1.807) is 6.07 Å². The summed E-state index contributed by atoms with van der Waals surface area (Å²) in [7, 11) is 0. The van der Waals surface area contributed by atoms with Gasteiger partial charge in [0, 0.05) is 5.69 Å². The standard InChI is InChI=1S/C12H13N3O2/c13-8-4-3-7-2-1-5-12(9(7)6-8)10(16)14-11(17)15-12/h3-4,6H,1-2,5,13H2,(H2,14,15,16,17). The highest BCUT2D eigenvalue weighted by atomic mass is 16.2. The van der Waals surface area contributed by atoms with Crippen LogP contribution in [-0.4, -0.2) is 11.9 Å². The van der Waals surface area contributed by atoms with Crippen LogP contribution in [0, 0.1) is 0 Å². The Hall–Kier alpha value is -2.04. The first-order valence-electron chi connectivity index (χ1n) is 5.64. The van der Waals surface area contributed by atoms with Crippen molar-refractivity contribution in [1.29, 1.82) is 0 Å². The summed E-state index contributed by atoms with van der Waals surface area (Å²) in [6, 6.07) is 5.13. The highest BCUT2D eigenvalue weighted by Crippen LogP contribution is 2.38. The Morgan fingerprint density at radius 1 is 1.29 bits per heavy atom. The summed E-state index contributed by atoms with van der Waals surface area (Å²) in [5.74, 6) is -0.269. The lowest BCUT2D eigenvalue weighted by molar-refractivity contribution is -0.124. The third kappa shape index (κ3) is 1.32. The molecule has 2 aliphatic rings. The second kappa shape index (κ2) is 3.23. The van der Waals surface area contributed by atoms with E-state index in [-0.39, 0.29) is 5.91 Å². The minimum absolute atomic E-state index is 0.269. The molecule has 0 saturated carbocycles. The predicted molar refractivity (Wildman–Crippen MR) is 62.1 cm³/mol. The number of carbonyl (C=O) groups is 2. The van der Waals surface area contributed by atoms with Gasteiger partial charge in [-0.3, -0.25) is 10.1 Å². The molecule has 17 heavy (non-hydrogen) atoms. The number of nitrogen functional groups attached to an aromatic ring is 1. The van der Waals surface area contributed by atoms with Crippen LogP contribution in [0.15, 0.2) is 18.2 Å². The van der Waals surface area contributed by atoms with Gasteiger partial charge < -0.3 is 11.1 Å². The number of urea groups is 1. The number of imide groups is 1. The molecule has 0 radical (unpaired) electrons. The summed E-state index contributed by atoms with van der Waals surface area (Å²) >= 11 is 0. The first kappa shape index (κ1) is 10.1. The van der Waals surface area contributed by atoms with Crippen LogP contribution >= 0.6 is 0 Å². The number of nitrogens with two attached hydrogens (primary N) is 1. The zero-order chi connectivity index (χ0) is 12.0. The summed E-state index contributed by atoms with van der Waals surface area (Å²) in [5, 5.41) is 5.06. The number of hydrogen-bond acceptors (Lipinski definition) is 3. The third-order valence-corrected chi connectivity index (χ3v) is 3.53. The maximum Gasteiger partial charge on any atom is 0.322 e. The van der Waals surface area contributed by atoms with Gasteiger partial charge in [0.2, 0.25) is 0 Å². The molecule has 4 N–H and O–H groups in total.